The molecule has 0 saturated carbocycles. The van der Waals surface area contributed by atoms with Crippen LogP contribution in [0.2, 0.25) is 0 Å². The van der Waals surface area contributed by atoms with Gasteiger partial charge in [-0.15, -0.1) is 11.6 Å². The summed E-state index contributed by atoms with van der Waals surface area (Å²) in [6, 6.07) is 0. The van der Waals surface area contributed by atoms with Gasteiger partial charge in [0.05, 0.1) is 0 Å². The molecule has 88 valence electrons. The molecule has 15 heavy (non-hydrogen) atoms. The lowest BCUT2D eigenvalue weighted by molar-refractivity contribution is -0.121. The van der Waals surface area contributed by atoms with Crippen LogP contribution < -0.4 is 5.32 Å². The lowest BCUT2D eigenvalue weighted by atomic mass is 10.1. The maximum atomic E-state index is 11.3. The van der Waals surface area contributed by atoms with Crippen molar-refractivity contribution in [1.82, 2.24) is 5.32 Å². The van der Waals surface area contributed by atoms with Crippen molar-refractivity contribution in [3.63, 3.8) is 0 Å². The third-order valence-electron chi connectivity index (χ3n) is 2.18. The van der Waals surface area contributed by atoms with Crippen LogP contribution in [0.5, 0.6) is 0 Å². The Kier molecular flexibility index (Phi) is 11.2. The highest BCUT2D eigenvalue weighted by Gasteiger charge is 1.98. The highest BCUT2D eigenvalue weighted by atomic mass is 35.5. The molecule has 0 aromatic carbocycles. The van der Waals surface area contributed by atoms with E-state index < -0.39 is 0 Å². The van der Waals surface area contributed by atoms with Crippen LogP contribution in [0.3, 0.4) is 0 Å². The first kappa shape index (κ1) is 14.5. The average molecular weight is 232 g/mol. The molecular weight excluding hydrogens is 210 g/mol. The zero-order valence-electron chi connectivity index (χ0n) is 9.60. The van der Waals surface area contributed by atoms with Gasteiger partial charge in [-0.2, -0.15) is 0 Å². The number of amides is 1. The summed E-state index contributed by atoms with van der Waals surface area (Å²) in [5, 5.41) is 2.82. The summed E-state index contributed by atoms with van der Waals surface area (Å²) in [5.74, 6) is 0.651. The Hall–Kier alpha value is -0.500. The lowest BCUT2D eigenvalue weighted by Gasteiger charge is -2.01. The summed E-state index contributed by atoms with van der Waals surface area (Å²) in [6.45, 7) is 2.79. The molecule has 2 nitrogen and oxygen atoms in total. The SMILES string of the molecule is CCCCCCCC(=O)NC/C=C/CCl. The van der Waals surface area contributed by atoms with E-state index in [4.69, 9.17) is 11.6 Å². The molecule has 0 aromatic heterocycles. The molecule has 1 amide bonds. The molecule has 0 fully saturated rings. The van der Waals surface area contributed by atoms with Gasteiger partial charge in [0.15, 0.2) is 0 Å². The van der Waals surface area contributed by atoms with Crippen molar-refractivity contribution in [3.8, 4) is 0 Å². The summed E-state index contributed by atoms with van der Waals surface area (Å²) >= 11 is 5.45. The predicted octanol–water partition coefficient (Wildman–Crippen LogP) is 3.26. The topological polar surface area (TPSA) is 29.1 Å². The zero-order valence-corrected chi connectivity index (χ0v) is 10.4. The summed E-state index contributed by atoms with van der Waals surface area (Å²) in [7, 11) is 0. The minimum atomic E-state index is 0.144. The number of carbonyl (C=O) groups is 1. The molecular formula is C12H22ClNO. The summed E-state index contributed by atoms with van der Waals surface area (Å²) in [5.41, 5.74) is 0. The van der Waals surface area contributed by atoms with Gasteiger partial charge >= 0.3 is 0 Å². The van der Waals surface area contributed by atoms with Gasteiger partial charge in [0.2, 0.25) is 5.91 Å². The maximum Gasteiger partial charge on any atom is 0.220 e. The van der Waals surface area contributed by atoms with E-state index in [1.807, 2.05) is 12.2 Å². The van der Waals surface area contributed by atoms with Crippen LogP contribution >= 0.6 is 11.6 Å². The molecule has 1 N–H and O–H groups in total. The molecule has 0 heterocycles. The fraction of sp³-hybridized carbons (Fsp3) is 0.750. The molecule has 0 aliphatic heterocycles. The van der Waals surface area contributed by atoms with Gasteiger partial charge in [-0.25, -0.2) is 0 Å². The third kappa shape index (κ3) is 11.4. The van der Waals surface area contributed by atoms with Crippen molar-refractivity contribution in [2.45, 2.75) is 45.4 Å². The highest BCUT2D eigenvalue weighted by molar-refractivity contribution is 6.18. The molecule has 0 aliphatic rings. The van der Waals surface area contributed by atoms with Crippen molar-refractivity contribution in [1.29, 1.82) is 0 Å². The maximum absolute atomic E-state index is 11.3. The van der Waals surface area contributed by atoms with Crippen LogP contribution in [-0.4, -0.2) is 18.3 Å². The Labute approximate surface area is 98.1 Å². The number of hydrogen-bond donors (Lipinski definition) is 1. The first-order valence-electron chi connectivity index (χ1n) is 5.79. The van der Waals surface area contributed by atoms with Gasteiger partial charge < -0.3 is 5.32 Å². The predicted molar refractivity (Wildman–Crippen MR) is 66.2 cm³/mol. The van der Waals surface area contributed by atoms with Gasteiger partial charge in [-0.3, -0.25) is 4.79 Å². The second kappa shape index (κ2) is 11.6. The number of unbranched alkanes of at least 4 members (excludes halogenated alkanes) is 4. The Morgan fingerprint density at radius 2 is 1.93 bits per heavy atom. The normalized spacial score (nSPS) is 10.8. The number of nitrogens with one attached hydrogen (secondary N) is 1. The van der Waals surface area contributed by atoms with Gasteiger partial charge in [0.25, 0.3) is 0 Å². The number of allylic oxidation sites excluding steroid dienone is 1. The molecule has 0 spiro atoms. The third-order valence-corrected chi connectivity index (χ3v) is 2.36. The second-order valence-corrected chi connectivity index (χ2v) is 3.90. The van der Waals surface area contributed by atoms with Crippen molar-refractivity contribution in [2.24, 2.45) is 0 Å². The van der Waals surface area contributed by atoms with Crippen molar-refractivity contribution in [2.75, 3.05) is 12.4 Å². The minimum Gasteiger partial charge on any atom is -0.353 e. The molecule has 0 rings (SSSR count). The van der Waals surface area contributed by atoms with E-state index in [1.165, 1.54) is 25.7 Å². The molecule has 3 heteroatoms. The van der Waals surface area contributed by atoms with Gasteiger partial charge in [0, 0.05) is 18.8 Å². The standard InChI is InChI=1S/C12H22ClNO/c1-2-3-4-5-6-9-12(15)14-11-8-7-10-13/h7-8H,2-6,9-11H2,1H3,(H,14,15)/b8-7+. The Morgan fingerprint density at radius 1 is 1.20 bits per heavy atom. The number of alkyl halides is 1. The summed E-state index contributed by atoms with van der Waals surface area (Å²) in [6.07, 6.45) is 10.3. The fourth-order valence-electron chi connectivity index (χ4n) is 1.30. The highest BCUT2D eigenvalue weighted by Crippen LogP contribution is 2.04. The number of hydrogen-bond acceptors (Lipinski definition) is 1. The Balaban J connectivity index is 3.22. The van der Waals surface area contributed by atoms with Crippen LogP contribution in [-0.2, 0) is 4.79 Å². The molecule has 0 aromatic rings. The number of halogens is 1. The van der Waals surface area contributed by atoms with Gasteiger partial charge in [-0.05, 0) is 6.42 Å². The van der Waals surface area contributed by atoms with Crippen LogP contribution in [0.1, 0.15) is 45.4 Å². The zero-order chi connectivity index (χ0) is 11.4. The van der Waals surface area contributed by atoms with E-state index >= 15 is 0 Å². The molecule has 0 unspecified atom stereocenters. The molecule has 0 aliphatic carbocycles. The van der Waals surface area contributed by atoms with E-state index in [2.05, 4.69) is 12.2 Å². The summed E-state index contributed by atoms with van der Waals surface area (Å²) < 4.78 is 0. The number of carbonyl (C=O) groups excluding carboxylic acids is 1. The first-order valence-corrected chi connectivity index (χ1v) is 6.32. The van der Waals surface area contributed by atoms with E-state index in [0.29, 0.717) is 18.8 Å². The van der Waals surface area contributed by atoms with Crippen LogP contribution in [0, 0.1) is 0 Å². The van der Waals surface area contributed by atoms with E-state index in [0.717, 1.165) is 6.42 Å². The van der Waals surface area contributed by atoms with Crippen molar-refractivity contribution >= 4 is 17.5 Å². The van der Waals surface area contributed by atoms with E-state index in [1.54, 1.807) is 0 Å². The largest absolute Gasteiger partial charge is 0.353 e. The van der Waals surface area contributed by atoms with Gasteiger partial charge in [0.1, 0.15) is 0 Å². The lowest BCUT2D eigenvalue weighted by Crippen LogP contribution is -2.22. The fourth-order valence-corrected chi connectivity index (χ4v) is 1.42. The van der Waals surface area contributed by atoms with Crippen molar-refractivity contribution in [3.05, 3.63) is 12.2 Å². The molecule has 0 radical (unpaired) electrons. The van der Waals surface area contributed by atoms with Crippen LogP contribution in [0.15, 0.2) is 12.2 Å². The summed E-state index contributed by atoms with van der Waals surface area (Å²) in [4.78, 5) is 11.3. The van der Waals surface area contributed by atoms with E-state index in [9.17, 15) is 4.79 Å². The second-order valence-electron chi connectivity index (χ2n) is 3.59. The molecule has 0 saturated heterocycles. The van der Waals surface area contributed by atoms with Crippen LogP contribution in [0.4, 0.5) is 0 Å². The van der Waals surface area contributed by atoms with Crippen molar-refractivity contribution < 1.29 is 4.79 Å². The number of rotatable bonds is 9. The Morgan fingerprint density at radius 3 is 2.60 bits per heavy atom. The van der Waals surface area contributed by atoms with Crippen LogP contribution in [0.25, 0.3) is 0 Å². The van der Waals surface area contributed by atoms with Gasteiger partial charge in [-0.1, -0.05) is 44.8 Å². The Bertz CT molecular complexity index is 180. The average Bonchev–Trinajstić information content (AvgIpc) is 2.24. The quantitative estimate of drug-likeness (QED) is 0.368. The minimum absolute atomic E-state index is 0.144. The molecule has 0 atom stereocenters. The monoisotopic (exact) mass is 231 g/mol. The molecule has 0 bridgehead atoms. The first-order chi connectivity index (χ1) is 7.31. The smallest absolute Gasteiger partial charge is 0.220 e. The van der Waals surface area contributed by atoms with E-state index in [-0.39, 0.29) is 5.91 Å².